The number of benzene rings is 1. The molecule has 27 heavy (non-hydrogen) atoms. The van der Waals surface area contributed by atoms with Gasteiger partial charge in [0.1, 0.15) is 11.2 Å². The maximum absolute atomic E-state index is 13.1. The summed E-state index contributed by atoms with van der Waals surface area (Å²) in [5.74, 6) is 0.848. The van der Waals surface area contributed by atoms with Crippen LogP contribution < -0.4 is 15.0 Å². The predicted octanol–water partition coefficient (Wildman–Crippen LogP) is 2.18. The van der Waals surface area contributed by atoms with Gasteiger partial charge in [0.05, 0.1) is 7.11 Å². The van der Waals surface area contributed by atoms with E-state index in [0.717, 1.165) is 37.4 Å². The Morgan fingerprint density at radius 3 is 2.22 bits per heavy atom. The van der Waals surface area contributed by atoms with Crippen molar-refractivity contribution in [3.8, 4) is 5.75 Å². The fraction of sp³-hybridized carbons (Fsp3) is 0.619. The Hall–Kier alpha value is -2.24. The molecule has 0 spiro atoms. The van der Waals surface area contributed by atoms with Crippen molar-refractivity contribution in [2.24, 2.45) is 5.41 Å². The van der Waals surface area contributed by atoms with Crippen LogP contribution in [0.4, 0.5) is 5.69 Å². The van der Waals surface area contributed by atoms with Gasteiger partial charge in [0, 0.05) is 37.9 Å². The smallest absolute Gasteiger partial charge is 0.238 e. The molecule has 0 atom stereocenters. The van der Waals surface area contributed by atoms with Gasteiger partial charge in [-0.05, 0) is 49.9 Å². The Bertz CT molecular complexity index is 685. The molecular formula is C21H29N3O3. The third-order valence-corrected chi connectivity index (χ3v) is 6.29. The Kier molecular flexibility index (Phi) is 4.98. The van der Waals surface area contributed by atoms with Crippen LogP contribution in [0.25, 0.3) is 0 Å². The molecule has 2 saturated carbocycles. The van der Waals surface area contributed by atoms with E-state index in [0.29, 0.717) is 25.9 Å². The lowest BCUT2D eigenvalue weighted by atomic mass is 10.0. The van der Waals surface area contributed by atoms with Crippen LogP contribution in [-0.2, 0) is 9.59 Å². The van der Waals surface area contributed by atoms with Crippen molar-refractivity contribution in [1.29, 1.82) is 0 Å². The fourth-order valence-corrected chi connectivity index (χ4v) is 4.32. The number of hydrogen-bond acceptors (Lipinski definition) is 4. The maximum Gasteiger partial charge on any atom is 0.238 e. The summed E-state index contributed by atoms with van der Waals surface area (Å²) in [6.07, 6.45) is 5.86. The van der Waals surface area contributed by atoms with E-state index in [2.05, 4.69) is 10.2 Å². The van der Waals surface area contributed by atoms with Crippen LogP contribution >= 0.6 is 0 Å². The number of carbonyl (C=O) groups excluding carboxylic acids is 2. The topological polar surface area (TPSA) is 61.9 Å². The van der Waals surface area contributed by atoms with Gasteiger partial charge in [-0.2, -0.15) is 0 Å². The summed E-state index contributed by atoms with van der Waals surface area (Å²) in [5.41, 5.74) is 0.369. The Morgan fingerprint density at radius 2 is 1.67 bits per heavy atom. The molecule has 4 rings (SSSR count). The first kappa shape index (κ1) is 18.1. The summed E-state index contributed by atoms with van der Waals surface area (Å²) in [6.45, 7) is 2.92. The van der Waals surface area contributed by atoms with Gasteiger partial charge in [0.25, 0.3) is 0 Å². The molecule has 3 aliphatic rings. The van der Waals surface area contributed by atoms with Crippen LogP contribution in [0.5, 0.6) is 5.75 Å². The van der Waals surface area contributed by atoms with Crippen LogP contribution in [0.3, 0.4) is 0 Å². The molecule has 0 radical (unpaired) electrons. The van der Waals surface area contributed by atoms with Gasteiger partial charge in [-0.3, -0.25) is 9.59 Å². The lowest BCUT2D eigenvalue weighted by Gasteiger charge is -2.37. The largest absolute Gasteiger partial charge is 0.497 e. The average molecular weight is 371 g/mol. The number of nitrogens with zero attached hydrogens (tertiary/aromatic N) is 2. The van der Waals surface area contributed by atoms with Gasteiger partial charge in [-0.25, -0.2) is 0 Å². The zero-order chi connectivity index (χ0) is 18.9. The van der Waals surface area contributed by atoms with E-state index >= 15 is 0 Å². The first-order valence-corrected chi connectivity index (χ1v) is 10.1. The molecule has 1 N–H and O–H groups in total. The second-order valence-corrected chi connectivity index (χ2v) is 8.01. The number of rotatable bonds is 5. The molecule has 2 aliphatic carbocycles. The first-order chi connectivity index (χ1) is 13.1. The quantitative estimate of drug-likeness (QED) is 0.806. The van der Waals surface area contributed by atoms with Crippen molar-refractivity contribution >= 4 is 17.5 Å². The minimum atomic E-state index is -0.773. The molecule has 0 bridgehead atoms. The number of carbonyl (C=O) groups is 2. The van der Waals surface area contributed by atoms with Gasteiger partial charge in [0.15, 0.2) is 0 Å². The lowest BCUT2D eigenvalue weighted by molar-refractivity contribution is -0.144. The molecular weight excluding hydrogens is 342 g/mol. The van der Waals surface area contributed by atoms with E-state index in [9.17, 15) is 9.59 Å². The monoisotopic (exact) mass is 371 g/mol. The normalized spacial score (nSPS) is 21.8. The van der Waals surface area contributed by atoms with Crippen LogP contribution in [0, 0.1) is 5.41 Å². The highest BCUT2D eigenvalue weighted by Crippen LogP contribution is 2.48. The SMILES string of the molecule is COc1ccc(N2CCN(C(=O)C3(C(=O)NC4CCCC4)CC3)CC2)cc1. The molecule has 6 nitrogen and oxygen atoms in total. The molecule has 3 fully saturated rings. The van der Waals surface area contributed by atoms with E-state index in [1.165, 1.54) is 12.8 Å². The Labute approximate surface area is 160 Å². The minimum Gasteiger partial charge on any atom is -0.497 e. The van der Waals surface area contributed by atoms with Crippen molar-refractivity contribution in [3.05, 3.63) is 24.3 Å². The van der Waals surface area contributed by atoms with Crippen molar-refractivity contribution in [2.45, 2.75) is 44.6 Å². The highest BCUT2D eigenvalue weighted by molar-refractivity contribution is 6.08. The Morgan fingerprint density at radius 1 is 1.04 bits per heavy atom. The van der Waals surface area contributed by atoms with Gasteiger partial charge >= 0.3 is 0 Å². The zero-order valence-corrected chi connectivity index (χ0v) is 16.1. The number of anilines is 1. The van der Waals surface area contributed by atoms with Crippen LogP contribution in [0.15, 0.2) is 24.3 Å². The van der Waals surface area contributed by atoms with E-state index in [-0.39, 0.29) is 17.9 Å². The second kappa shape index (κ2) is 7.41. The van der Waals surface area contributed by atoms with Crippen molar-refractivity contribution in [3.63, 3.8) is 0 Å². The van der Waals surface area contributed by atoms with Crippen LogP contribution in [0.2, 0.25) is 0 Å². The summed E-state index contributed by atoms with van der Waals surface area (Å²) in [7, 11) is 1.66. The molecule has 2 amide bonds. The summed E-state index contributed by atoms with van der Waals surface area (Å²) in [4.78, 5) is 30.0. The third-order valence-electron chi connectivity index (χ3n) is 6.29. The van der Waals surface area contributed by atoms with E-state index in [1.54, 1.807) is 7.11 Å². The summed E-state index contributed by atoms with van der Waals surface area (Å²) >= 11 is 0. The number of methoxy groups -OCH3 is 1. The lowest BCUT2D eigenvalue weighted by Crippen LogP contribution is -2.54. The summed E-state index contributed by atoms with van der Waals surface area (Å²) in [6, 6.07) is 8.29. The molecule has 0 unspecified atom stereocenters. The number of nitrogens with one attached hydrogen (secondary N) is 1. The molecule has 0 aromatic heterocycles. The van der Waals surface area contributed by atoms with Gasteiger partial charge in [-0.1, -0.05) is 12.8 Å². The minimum absolute atomic E-state index is 0.0306. The van der Waals surface area contributed by atoms with Gasteiger partial charge in [0.2, 0.25) is 11.8 Å². The van der Waals surface area contributed by atoms with Gasteiger partial charge in [-0.15, -0.1) is 0 Å². The molecule has 1 saturated heterocycles. The van der Waals surface area contributed by atoms with E-state index in [4.69, 9.17) is 4.74 Å². The molecule has 1 aromatic rings. The number of hydrogen-bond donors (Lipinski definition) is 1. The highest BCUT2D eigenvalue weighted by Gasteiger charge is 2.58. The third kappa shape index (κ3) is 3.62. The summed E-state index contributed by atoms with van der Waals surface area (Å²) < 4.78 is 5.21. The molecule has 146 valence electrons. The first-order valence-electron chi connectivity index (χ1n) is 10.1. The van der Waals surface area contributed by atoms with E-state index in [1.807, 2.05) is 29.2 Å². The molecule has 6 heteroatoms. The second-order valence-electron chi connectivity index (χ2n) is 8.01. The van der Waals surface area contributed by atoms with E-state index < -0.39 is 5.41 Å². The number of piperazine rings is 1. The zero-order valence-electron chi connectivity index (χ0n) is 16.1. The highest BCUT2D eigenvalue weighted by atomic mass is 16.5. The molecule has 1 aromatic carbocycles. The van der Waals surface area contributed by atoms with Crippen molar-refractivity contribution < 1.29 is 14.3 Å². The maximum atomic E-state index is 13.1. The fourth-order valence-electron chi connectivity index (χ4n) is 4.32. The van der Waals surface area contributed by atoms with Crippen molar-refractivity contribution in [1.82, 2.24) is 10.2 Å². The number of ether oxygens (including phenoxy) is 1. The predicted molar refractivity (Wildman–Crippen MR) is 104 cm³/mol. The summed E-state index contributed by atoms with van der Waals surface area (Å²) in [5, 5.41) is 3.14. The van der Waals surface area contributed by atoms with Crippen molar-refractivity contribution in [2.75, 3.05) is 38.2 Å². The standard InChI is InChI=1S/C21H29N3O3/c1-27-18-8-6-17(7-9-18)23-12-14-24(15-13-23)20(26)21(10-11-21)19(25)22-16-4-2-3-5-16/h6-9,16H,2-5,10-15H2,1H3,(H,22,25). The average Bonchev–Trinajstić information content (AvgIpc) is 3.38. The van der Waals surface area contributed by atoms with Crippen LogP contribution in [0.1, 0.15) is 38.5 Å². The van der Waals surface area contributed by atoms with Crippen LogP contribution in [-0.4, -0.2) is 56.0 Å². The molecule has 1 heterocycles. The van der Waals surface area contributed by atoms with Gasteiger partial charge < -0.3 is 19.9 Å². The Balaban J connectivity index is 1.33. The number of amides is 2. The molecule has 1 aliphatic heterocycles.